The summed E-state index contributed by atoms with van der Waals surface area (Å²) in [7, 11) is 4.56. The highest BCUT2D eigenvalue weighted by Crippen LogP contribution is 2.43. The van der Waals surface area contributed by atoms with Gasteiger partial charge < -0.3 is 29.0 Å². The van der Waals surface area contributed by atoms with Crippen LogP contribution in [0.5, 0.6) is 17.2 Å². The van der Waals surface area contributed by atoms with Crippen molar-refractivity contribution >= 4 is 17.4 Å². The average molecular weight is 498 g/mol. The van der Waals surface area contributed by atoms with Crippen LogP contribution in [0.1, 0.15) is 50.4 Å². The summed E-state index contributed by atoms with van der Waals surface area (Å²) in [5.41, 5.74) is 1.64. The molecule has 2 aromatic carbocycles. The lowest BCUT2D eigenvalue weighted by atomic mass is 9.84. The molecule has 1 amide bonds. The number of ether oxygens (including phenoxy) is 4. The standard InChI is InChI=1S/C28H35NO7/c1-8-36-20-11-10-18(15-19(20)28(2,3)4)25(30)23-24(29(13-14-33-5)27(32)26(23)31)17-9-12-21(34-6)22(16-17)35-7/h9-12,15-16,24,30H,8,13-14H2,1-7H3/b25-23+. The van der Waals surface area contributed by atoms with Crippen molar-refractivity contribution in [3.8, 4) is 17.2 Å². The minimum absolute atomic E-state index is 0.00680. The zero-order valence-corrected chi connectivity index (χ0v) is 22.0. The van der Waals surface area contributed by atoms with Gasteiger partial charge in [0.1, 0.15) is 11.5 Å². The molecule has 0 bridgehead atoms. The number of ketones is 1. The lowest BCUT2D eigenvalue weighted by molar-refractivity contribution is -0.140. The fraction of sp³-hybridized carbons (Fsp3) is 0.429. The van der Waals surface area contributed by atoms with Crippen LogP contribution in [0, 0.1) is 0 Å². The van der Waals surface area contributed by atoms with E-state index in [0.717, 1.165) is 5.56 Å². The number of carbonyl (C=O) groups is 2. The smallest absolute Gasteiger partial charge is 0.295 e. The molecule has 0 aromatic heterocycles. The van der Waals surface area contributed by atoms with E-state index in [0.29, 0.717) is 35.0 Å². The molecule has 0 spiro atoms. The maximum absolute atomic E-state index is 13.3. The number of likely N-dealkylation sites (tertiary alicyclic amines) is 1. The molecule has 2 aromatic rings. The number of hydrogen-bond acceptors (Lipinski definition) is 7. The van der Waals surface area contributed by atoms with Crippen molar-refractivity contribution < 1.29 is 33.6 Å². The van der Waals surface area contributed by atoms with Crippen LogP contribution in [-0.2, 0) is 19.7 Å². The fourth-order valence-electron chi connectivity index (χ4n) is 4.37. The molecule has 1 aliphatic rings. The summed E-state index contributed by atoms with van der Waals surface area (Å²) in [6.45, 7) is 8.94. The van der Waals surface area contributed by atoms with Crippen LogP contribution in [-0.4, -0.2) is 62.8 Å². The summed E-state index contributed by atoms with van der Waals surface area (Å²) < 4.78 is 21.8. The van der Waals surface area contributed by atoms with Crippen molar-refractivity contribution in [1.82, 2.24) is 4.90 Å². The van der Waals surface area contributed by atoms with Crippen LogP contribution >= 0.6 is 0 Å². The Labute approximate surface area is 212 Å². The highest BCUT2D eigenvalue weighted by molar-refractivity contribution is 6.46. The first-order valence-electron chi connectivity index (χ1n) is 11.9. The first kappa shape index (κ1) is 27.1. The quantitative estimate of drug-likeness (QED) is 0.310. The monoisotopic (exact) mass is 497 g/mol. The topological polar surface area (TPSA) is 94.5 Å². The molecule has 1 unspecified atom stereocenters. The SMILES string of the molecule is CCOc1ccc(/C(O)=C2\C(=O)C(=O)N(CCOC)C2c2ccc(OC)c(OC)c2)cc1C(C)(C)C. The number of nitrogens with zero attached hydrogens (tertiary/aromatic N) is 1. The minimum Gasteiger partial charge on any atom is -0.507 e. The highest BCUT2D eigenvalue weighted by atomic mass is 16.5. The van der Waals surface area contributed by atoms with Gasteiger partial charge >= 0.3 is 0 Å². The molecule has 0 aliphatic carbocycles. The van der Waals surface area contributed by atoms with E-state index in [-0.39, 0.29) is 29.9 Å². The summed E-state index contributed by atoms with van der Waals surface area (Å²) >= 11 is 0. The lowest BCUT2D eigenvalue weighted by Crippen LogP contribution is -2.32. The lowest BCUT2D eigenvalue weighted by Gasteiger charge is -2.26. The maximum Gasteiger partial charge on any atom is 0.295 e. The molecule has 8 nitrogen and oxygen atoms in total. The zero-order valence-electron chi connectivity index (χ0n) is 22.0. The molecule has 1 fully saturated rings. The first-order chi connectivity index (χ1) is 17.1. The molecule has 1 N–H and O–H groups in total. The molecular weight excluding hydrogens is 462 g/mol. The van der Waals surface area contributed by atoms with Crippen LogP contribution in [0.25, 0.3) is 5.76 Å². The Morgan fingerprint density at radius 2 is 1.64 bits per heavy atom. The van der Waals surface area contributed by atoms with Gasteiger partial charge in [-0.2, -0.15) is 0 Å². The van der Waals surface area contributed by atoms with E-state index in [9.17, 15) is 14.7 Å². The zero-order chi connectivity index (χ0) is 26.6. The van der Waals surface area contributed by atoms with Gasteiger partial charge in [-0.1, -0.05) is 26.8 Å². The van der Waals surface area contributed by atoms with Gasteiger partial charge in [-0.25, -0.2) is 0 Å². The van der Waals surface area contributed by atoms with Gasteiger partial charge in [0.25, 0.3) is 11.7 Å². The second-order valence-electron chi connectivity index (χ2n) is 9.49. The summed E-state index contributed by atoms with van der Waals surface area (Å²) in [6.07, 6.45) is 0. The Kier molecular flexibility index (Phi) is 8.30. The third-order valence-electron chi connectivity index (χ3n) is 6.16. The van der Waals surface area contributed by atoms with E-state index in [2.05, 4.69) is 0 Å². The molecule has 194 valence electrons. The number of rotatable bonds is 9. The van der Waals surface area contributed by atoms with E-state index < -0.39 is 17.7 Å². The molecular formula is C28H35NO7. The largest absolute Gasteiger partial charge is 0.507 e. The Hall–Kier alpha value is -3.52. The van der Waals surface area contributed by atoms with Gasteiger partial charge in [-0.05, 0) is 48.2 Å². The van der Waals surface area contributed by atoms with Crippen LogP contribution in [0.2, 0.25) is 0 Å². The average Bonchev–Trinajstić information content (AvgIpc) is 3.11. The number of methoxy groups -OCH3 is 3. The van der Waals surface area contributed by atoms with E-state index >= 15 is 0 Å². The summed E-state index contributed by atoms with van der Waals surface area (Å²) in [6, 6.07) is 9.64. The number of aliphatic hydroxyl groups excluding tert-OH is 1. The van der Waals surface area contributed by atoms with E-state index in [4.69, 9.17) is 18.9 Å². The van der Waals surface area contributed by atoms with Crippen LogP contribution in [0.4, 0.5) is 0 Å². The number of Topliss-reactive ketones (excluding diaryl/α,β-unsaturated/α-hetero) is 1. The maximum atomic E-state index is 13.3. The molecule has 0 radical (unpaired) electrons. The number of benzene rings is 2. The van der Waals surface area contributed by atoms with Gasteiger partial charge in [-0.15, -0.1) is 0 Å². The van der Waals surface area contributed by atoms with Gasteiger partial charge in [0.15, 0.2) is 11.5 Å². The van der Waals surface area contributed by atoms with Crippen molar-refractivity contribution in [3.05, 3.63) is 58.7 Å². The molecule has 8 heteroatoms. The number of carbonyl (C=O) groups excluding carboxylic acids is 2. The Balaban J connectivity index is 2.24. The van der Waals surface area contributed by atoms with Crippen LogP contribution in [0.15, 0.2) is 42.0 Å². The third kappa shape index (κ3) is 5.18. The van der Waals surface area contributed by atoms with E-state index in [1.807, 2.05) is 33.8 Å². The predicted molar refractivity (Wildman–Crippen MR) is 137 cm³/mol. The predicted octanol–water partition coefficient (Wildman–Crippen LogP) is 4.47. The Bertz CT molecular complexity index is 1160. The van der Waals surface area contributed by atoms with Crippen LogP contribution < -0.4 is 14.2 Å². The summed E-state index contributed by atoms with van der Waals surface area (Å²) in [4.78, 5) is 27.8. The third-order valence-corrected chi connectivity index (χ3v) is 6.16. The molecule has 1 heterocycles. The number of aliphatic hydroxyl groups is 1. The number of hydrogen-bond donors (Lipinski definition) is 1. The van der Waals surface area contributed by atoms with E-state index in [1.165, 1.54) is 26.2 Å². The van der Waals surface area contributed by atoms with Gasteiger partial charge in [-0.3, -0.25) is 9.59 Å². The fourth-order valence-corrected chi connectivity index (χ4v) is 4.37. The molecule has 1 saturated heterocycles. The Morgan fingerprint density at radius 1 is 0.972 bits per heavy atom. The molecule has 3 rings (SSSR count). The van der Waals surface area contributed by atoms with Gasteiger partial charge in [0.2, 0.25) is 0 Å². The molecule has 1 atom stereocenters. The summed E-state index contributed by atoms with van der Waals surface area (Å²) in [5, 5.41) is 11.5. The molecule has 36 heavy (non-hydrogen) atoms. The van der Waals surface area contributed by atoms with Crippen molar-refractivity contribution in [2.75, 3.05) is 41.1 Å². The van der Waals surface area contributed by atoms with Gasteiger partial charge in [0.05, 0.1) is 39.0 Å². The van der Waals surface area contributed by atoms with Crippen molar-refractivity contribution in [1.29, 1.82) is 0 Å². The molecule has 1 aliphatic heterocycles. The van der Waals surface area contributed by atoms with Gasteiger partial charge in [0, 0.05) is 24.8 Å². The Morgan fingerprint density at radius 3 is 2.22 bits per heavy atom. The van der Waals surface area contributed by atoms with E-state index in [1.54, 1.807) is 30.3 Å². The normalized spacial score (nSPS) is 17.4. The minimum atomic E-state index is -0.829. The summed E-state index contributed by atoms with van der Waals surface area (Å²) in [5.74, 6) is -0.0371. The second kappa shape index (κ2) is 11.0. The van der Waals surface area contributed by atoms with Crippen molar-refractivity contribution in [3.63, 3.8) is 0 Å². The van der Waals surface area contributed by atoms with Crippen molar-refractivity contribution in [2.45, 2.75) is 39.2 Å². The molecule has 0 saturated carbocycles. The number of amides is 1. The second-order valence-corrected chi connectivity index (χ2v) is 9.49. The van der Waals surface area contributed by atoms with Crippen LogP contribution in [0.3, 0.4) is 0 Å². The van der Waals surface area contributed by atoms with Crippen molar-refractivity contribution in [2.24, 2.45) is 0 Å². The highest BCUT2D eigenvalue weighted by Gasteiger charge is 2.46. The first-order valence-corrected chi connectivity index (χ1v) is 11.9.